The first kappa shape index (κ1) is 32.6. The van der Waals surface area contributed by atoms with Crippen LogP contribution in [0.4, 0.5) is 18.9 Å². The number of hydrogen-bond acceptors (Lipinski definition) is 4. The summed E-state index contributed by atoms with van der Waals surface area (Å²) in [5.74, 6) is -0.105. The van der Waals surface area contributed by atoms with Crippen LogP contribution in [0.25, 0.3) is 11.1 Å². The minimum Gasteiger partial charge on any atom is -0.483 e. The number of aldehydes is 1. The van der Waals surface area contributed by atoms with Crippen molar-refractivity contribution in [2.24, 2.45) is 0 Å². The first-order valence-corrected chi connectivity index (χ1v) is 12.6. The van der Waals surface area contributed by atoms with Gasteiger partial charge in [0, 0.05) is 29.9 Å². The highest BCUT2D eigenvalue weighted by atomic mass is 35.5. The summed E-state index contributed by atoms with van der Waals surface area (Å²) in [5, 5.41) is 13.5. The normalized spacial score (nSPS) is 10.2. The van der Waals surface area contributed by atoms with Crippen LogP contribution in [0, 0.1) is 0 Å². The molecule has 0 spiro atoms. The number of hydrogen-bond donors (Lipinski definition) is 3. The smallest absolute Gasteiger partial charge is 0.416 e. The molecule has 0 aliphatic heterocycles. The van der Waals surface area contributed by atoms with Gasteiger partial charge in [0.2, 0.25) is 0 Å². The van der Waals surface area contributed by atoms with Crippen molar-refractivity contribution >= 4 is 36.0 Å². The Kier molecular flexibility index (Phi) is 13.1. The lowest BCUT2D eigenvalue weighted by molar-refractivity contribution is -0.137. The third-order valence-electron chi connectivity index (χ3n) is 5.63. The molecule has 0 atom stereocenters. The van der Waals surface area contributed by atoms with Gasteiger partial charge < -0.3 is 15.7 Å². The summed E-state index contributed by atoms with van der Waals surface area (Å²) >= 11 is 5.97. The topological polar surface area (TPSA) is 95.5 Å². The fourth-order valence-electron chi connectivity index (χ4n) is 3.58. The largest absolute Gasteiger partial charge is 0.483 e. The highest BCUT2D eigenvalue weighted by molar-refractivity contribution is 6.31. The molecule has 214 valence electrons. The zero-order valence-corrected chi connectivity index (χ0v) is 22.7. The predicted octanol–water partition coefficient (Wildman–Crippen LogP) is 7.24. The lowest BCUT2D eigenvalue weighted by atomic mass is 10.0. The van der Waals surface area contributed by atoms with Crippen molar-refractivity contribution < 1.29 is 32.7 Å². The standard InChI is InChI=1S/C22H21ClN2O.C8H5F3O.CH2O2/c1-24-21-15-19(23)11-12-20(21)22(26)25-14-13-16-7-9-18(10-8-16)17-5-3-2-4-6-17;9-8(10,11)7-3-1-6(5-12)2-4-7;2-1-3/h2-12,15,24H,13-14H2,1H3,(H,25,26);1-5H;1H,(H,2,3). The molecule has 0 aliphatic carbocycles. The molecule has 1 amide bonds. The molecule has 0 heterocycles. The molecule has 4 rings (SSSR count). The number of benzene rings is 4. The predicted molar refractivity (Wildman–Crippen MR) is 154 cm³/mol. The van der Waals surface area contributed by atoms with Crippen LogP contribution in [0.15, 0.2) is 97.1 Å². The Morgan fingerprint density at radius 1 is 0.878 bits per heavy atom. The molecule has 0 aromatic heterocycles. The summed E-state index contributed by atoms with van der Waals surface area (Å²) in [5.41, 5.74) is 4.40. The van der Waals surface area contributed by atoms with Crippen LogP contribution < -0.4 is 10.6 Å². The molecule has 6 nitrogen and oxygen atoms in total. The number of carboxylic acid groups (broad SMARTS) is 1. The van der Waals surface area contributed by atoms with Crippen LogP contribution >= 0.6 is 11.6 Å². The van der Waals surface area contributed by atoms with Crippen molar-refractivity contribution in [3.63, 3.8) is 0 Å². The van der Waals surface area contributed by atoms with Gasteiger partial charge in [-0.05, 0) is 53.4 Å². The molecule has 41 heavy (non-hydrogen) atoms. The first-order valence-electron chi connectivity index (χ1n) is 12.2. The van der Waals surface area contributed by atoms with E-state index in [1.165, 1.54) is 16.7 Å². The highest BCUT2D eigenvalue weighted by Crippen LogP contribution is 2.28. The third-order valence-corrected chi connectivity index (χ3v) is 5.87. The molecule has 0 fully saturated rings. The maximum absolute atomic E-state index is 12.4. The molecule has 0 unspecified atom stereocenters. The van der Waals surface area contributed by atoms with Gasteiger partial charge in [-0.2, -0.15) is 13.2 Å². The zero-order chi connectivity index (χ0) is 30.3. The van der Waals surface area contributed by atoms with Gasteiger partial charge in [0.15, 0.2) is 0 Å². The van der Waals surface area contributed by atoms with E-state index in [0.29, 0.717) is 23.4 Å². The van der Waals surface area contributed by atoms with Crippen LogP contribution in [-0.4, -0.2) is 37.4 Å². The number of anilines is 1. The van der Waals surface area contributed by atoms with Crippen LogP contribution in [0.1, 0.15) is 31.8 Å². The molecule has 4 aromatic rings. The Bertz CT molecular complexity index is 1400. The van der Waals surface area contributed by atoms with Gasteiger partial charge in [-0.1, -0.05) is 78.3 Å². The van der Waals surface area contributed by atoms with Gasteiger partial charge in [-0.3, -0.25) is 14.4 Å². The minimum atomic E-state index is -4.33. The Balaban J connectivity index is 0.000000327. The molecule has 4 aromatic carbocycles. The van der Waals surface area contributed by atoms with Crippen LogP contribution in [0.2, 0.25) is 5.02 Å². The van der Waals surface area contributed by atoms with Gasteiger partial charge in [-0.15, -0.1) is 0 Å². The quantitative estimate of drug-likeness (QED) is 0.199. The van der Waals surface area contributed by atoms with E-state index in [1.807, 2.05) is 18.2 Å². The fourth-order valence-corrected chi connectivity index (χ4v) is 3.75. The molecule has 0 saturated carbocycles. The van der Waals surface area contributed by atoms with E-state index in [2.05, 4.69) is 47.0 Å². The molecule has 0 saturated heterocycles. The van der Waals surface area contributed by atoms with Crippen molar-refractivity contribution in [2.75, 3.05) is 18.9 Å². The second kappa shape index (κ2) is 16.5. The number of amides is 1. The molecular weight excluding hydrogens is 557 g/mol. The summed E-state index contributed by atoms with van der Waals surface area (Å²) in [6.07, 6.45) is -3.05. The number of rotatable bonds is 7. The molecule has 0 aliphatic rings. The number of alkyl halides is 3. The number of halogens is 4. The Hall–Kier alpha value is -4.63. The zero-order valence-electron chi connectivity index (χ0n) is 22.0. The molecule has 0 radical (unpaired) electrons. The Morgan fingerprint density at radius 2 is 1.46 bits per heavy atom. The van der Waals surface area contributed by atoms with Gasteiger partial charge >= 0.3 is 6.18 Å². The van der Waals surface area contributed by atoms with Crippen molar-refractivity contribution in [2.45, 2.75) is 12.6 Å². The van der Waals surface area contributed by atoms with E-state index in [0.717, 1.165) is 36.4 Å². The molecular formula is C31H28ClF3N2O4. The minimum absolute atomic E-state index is 0.105. The highest BCUT2D eigenvalue weighted by Gasteiger charge is 2.29. The molecule has 0 bridgehead atoms. The second-order valence-electron chi connectivity index (χ2n) is 8.35. The van der Waals surface area contributed by atoms with Crippen molar-refractivity contribution in [1.82, 2.24) is 5.32 Å². The third kappa shape index (κ3) is 10.8. The van der Waals surface area contributed by atoms with Gasteiger partial charge in [-0.25, -0.2) is 0 Å². The summed E-state index contributed by atoms with van der Waals surface area (Å²) < 4.78 is 35.8. The Morgan fingerprint density at radius 3 is 2.00 bits per heavy atom. The van der Waals surface area contributed by atoms with Crippen LogP contribution in [0.3, 0.4) is 0 Å². The monoisotopic (exact) mass is 584 g/mol. The van der Waals surface area contributed by atoms with Crippen LogP contribution in [0.5, 0.6) is 0 Å². The van der Waals surface area contributed by atoms with Crippen LogP contribution in [-0.2, 0) is 17.4 Å². The fraction of sp³-hybridized carbons (Fsp3) is 0.129. The van der Waals surface area contributed by atoms with Crippen molar-refractivity contribution in [3.05, 3.63) is 124 Å². The maximum atomic E-state index is 12.4. The summed E-state index contributed by atoms with van der Waals surface area (Å²) in [7, 11) is 1.77. The van der Waals surface area contributed by atoms with Crippen molar-refractivity contribution in [3.8, 4) is 11.1 Å². The molecule has 3 N–H and O–H groups in total. The van der Waals surface area contributed by atoms with Gasteiger partial charge in [0.05, 0.1) is 11.1 Å². The SMILES string of the molecule is CNc1cc(Cl)ccc1C(=O)NCCc1ccc(-c2ccccc2)cc1.O=CO.O=Cc1ccc(C(F)(F)F)cc1. The Labute approximate surface area is 240 Å². The van der Waals surface area contributed by atoms with Gasteiger partial charge in [0.1, 0.15) is 6.29 Å². The number of carbonyl (C=O) groups is 3. The summed E-state index contributed by atoms with van der Waals surface area (Å²) in [4.78, 5) is 30.8. The average molecular weight is 585 g/mol. The van der Waals surface area contributed by atoms with E-state index in [9.17, 15) is 22.8 Å². The van der Waals surface area contributed by atoms with E-state index >= 15 is 0 Å². The van der Waals surface area contributed by atoms with E-state index in [1.54, 1.807) is 25.2 Å². The lowest BCUT2D eigenvalue weighted by Gasteiger charge is -2.10. The lowest BCUT2D eigenvalue weighted by Crippen LogP contribution is -2.26. The second-order valence-corrected chi connectivity index (χ2v) is 8.79. The number of nitrogens with one attached hydrogen (secondary N) is 2. The van der Waals surface area contributed by atoms with E-state index in [-0.39, 0.29) is 17.9 Å². The van der Waals surface area contributed by atoms with E-state index in [4.69, 9.17) is 21.5 Å². The van der Waals surface area contributed by atoms with Crippen molar-refractivity contribution in [1.29, 1.82) is 0 Å². The number of carbonyl (C=O) groups excluding carboxylic acids is 2. The summed E-state index contributed by atoms with van der Waals surface area (Å²) in [6, 6.07) is 28.0. The average Bonchev–Trinajstić information content (AvgIpc) is 2.98. The maximum Gasteiger partial charge on any atom is 0.416 e. The summed E-state index contributed by atoms with van der Waals surface area (Å²) in [6.45, 7) is 0.329. The van der Waals surface area contributed by atoms with E-state index < -0.39 is 11.7 Å². The van der Waals surface area contributed by atoms with Gasteiger partial charge in [0.25, 0.3) is 12.4 Å². The first-order chi connectivity index (χ1) is 19.6. The molecule has 10 heteroatoms.